The Hall–Kier alpha value is -0.370. The zero-order valence-electron chi connectivity index (χ0n) is 9.83. The lowest BCUT2D eigenvalue weighted by molar-refractivity contribution is -0.113. The van der Waals surface area contributed by atoms with E-state index >= 15 is 0 Å². The van der Waals surface area contributed by atoms with Crippen molar-refractivity contribution in [3.8, 4) is 0 Å². The van der Waals surface area contributed by atoms with Gasteiger partial charge in [-0.3, -0.25) is 4.90 Å². The summed E-state index contributed by atoms with van der Waals surface area (Å²) in [6.07, 6.45) is 5.13. The van der Waals surface area contributed by atoms with Gasteiger partial charge in [-0.2, -0.15) is 0 Å². The lowest BCUT2D eigenvalue weighted by Crippen LogP contribution is -2.42. The number of carbonyl (C=O) groups is 1. The van der Waals surface area contributed by atoms with E-state index in [-0.39, 0.29) is 6.04 Å². The van der Waals surface area contributed by atoms with Crippen molar-refractivity contribution in [2.45, 2.75) is 58.5 Å². The van der Waals surface area contributed by atoms with E-state index in [2.05, 4.69) is 32.6 Å². The molecule has 0 N–H and O–H groups in total. The van der Waals surface area contributed by atoms with Crippen LogP contribution < -0.4 is 0 Å². The van der Waals surface area contributed by atoms with E-state index < -0.39 is 0 Å². The normalized spacial score (nSPS) is 13.6. The highest BCUT2D eigenvalue weighted by Gasteiger charge is 2.18. The van der Waals surface area contributed by atoms with Gasteiger partial charge in [0.15, 0.2) is 0 Å². The molecule has 0 aromatic heterocycles. The van der Waals surface area contributed by atoms with Crippen molar-refractivity contribution >= 4 is 6.29 Å². The monoisotopic (exact) mass is 198 g/mol. The van der Waals surface area contributed by atoms with Crippen molar-refractivity contribution in [3.63, 3.8) is 0 Å². The quantitative estimate of drug-likeness (QED) is 0.559. The van der Waals surface area contributed by atoms with Gasteiger partial charge in [0.05, 0.1) is 6.04 Å². The molecule has 14 heavy (non-hydrogen) atoms. The molecular formula is C12H24NO. The van der Waals surface area contributed by atoms with Gasteiger partial charge in [0.1, 0.15) is 6.29 Å². The Morgan fingerprint density at radius 2 is 2.07 bits per heavy atom. The number of hydrogen-bond donors (Lipinski definition) is 0. The van der Waals surface area contributed by atoms with Gasteiger partial charge in [0.25, 0.3) is 0 Å². The highest BCUT2D eigenvalue weighted by molar-refractivity contribution is 5.57. The van der Waals surface area contributed by atoms with Crippen LogP contribution in [0.1, 0.15) is 46.5 Å². The van der Waals surface area contributed by atoms with E-state index in [0.29, 0.717) is 6.04 Å². The van der Waals surface area contributed by atoms with Gasteiger partial charge in [-0.25, -0.2) is 0 Å². The number of aldehydes is 1. The largest absolute Gasteiger partial charge is 0.302 e. The molecule has 2 nitrogen and oxygen atoms in total. The summed E-state index contributed by atoms with van der Waals surface area (Å²) < 4.78 is 0. The maximum Gasteiger partial charge on any atom is 0.137 e. The minimum Gasteiger partial charge on any atom is -0.302 e. The number of unbranched alkanes of at least 4 members (excludes halogenated alkanes) is 1. The molecule has 0 aromatic carbocycles. The molecule has 0 rings (SSSR count). The van der Waals surface area contributed by atoms with Gasteiger partial charge in [-0.05, 0) is 33.2 Å². The number of carbonyl (C=O) groups excluding carboxylic acids is 1. The van der Waals surface area contributed by atoms with Gasteiger partial charge >= 0.3 is 0 Å². The highest BCUT2D eigenvalue weighted by atomic mass is 16.1. The van der Waals surface area contributed by atoms with Crippen LogP contribution in [0.4, 0.5) is 0 Å². The van der Waals surface area contributed by atoms with Gasteiger partial charge < -0.3 is 4.79 Å². The summed E-state index contributed by atoms with van der Waals surface area (Å²) in [6, 6.07) is 0.516. The zero-order valence-corrected chi connectivity index (χ0v) is 9.83. The average molecular weight is 198 g/mol. The second-order valence-electron chi connectivity index (χ2n) is 4.03. The van der Waals surface area contributed by atoms with Crippen molar-refractivity contribution in [2.24, 2.45) is 0 Å². The van der Waals surface area contributed by atoms with Crippen LogP contribution in [0.15, 0.2) is 0 Å². The van der Waals surface area contributed by atoms with Crippen LogP contribution in [0, 0.1) is 6.92 Å². The fourth-order valence-corrected chi connectivity index (χ4v) is 1.67. The summed E-state index contributed by atoms with van der Waals surface area (Å²) in [5.74, 6) is 0. The van der Waals surface area contributed by atoms with Gasteiger partial charge in [-0.15, -0.1) is 0 Å². The van der Waals surface area contributed by atoms with Crippen LogP contribution >= 0.6 is 0 Å². The zero-order chi connectivity index (χ0) is 11.0. The molecule has 0 fully saturated rings. The Kier molecular flexibility index (Phi) is 7.77. The van der Waals surface area contributed by atoms with Crippen LogP contribution in [-0.2, 0) is 4.79 Å². The molecule has 83 valence electrons. The second kappa shape index (κ2) is 7.98. The Balaban J connectivity index is 4.19. The topological polar surface area (TPSA) is 20.3 Å². The van der Waals surface area contributed by atoms with Crippen LogP contribution in [0.2, 0.25) is 0 Å². The molecule has 1 unspecified atom stereocenters. The van der Waals surface area contributed by atoms with Crippen LogP contribution in [0.5, 0.6) is 0 Å². The Morgan fingerprint density at radius 1 is 1.43 bits per heavy atom. The standard InChI is InChI=1S/C12H24NO/c1-5-7-9-13(11(3)4)12(10-14)8-6-2/h10-12H,2,5-9H2,1,3-4H3. The molecule has 0 bridgehead atoms. The molecule has 0 amide bonds. The molecule has 0 aliphatic rings. The van der Waals surface area contributed by atoms with E-state index in [1.807, 2.05) is 0 Å². The van der Waals surface area contributed by atoms with Crippen molar-refractivity contribution in [3.05, 3.63) is 6.92 Å². The molecule has 1 radical (unpaired) electrons. The molecular weight excluding hydrogens is 174 g/mol. The summed E-state index contributed by atoms with van der Waals surface area (Å²) in [4.78, 5) is 13.2. The minimum atomic E-state index is 0.0686. The lowest BCUT2D eigenvalue weighted by atomic mass is 10.1. The Bertz CT molecular complexity index is 145. The van der Waals surface area contributed by atoms with Crippen molar-refractivity contribution < 1.29 is 4.79 Å². The first-order valence-corrected chi connectivity index (χ1v) is 5.67. The van der Waals surface area contributed by atoms with Gasteiger partial charge in [0, 0.05) is 6.04 Å². The fraction of sp³-hybridized carbons (Fsp3) is 0.833. The third kappa shape index (κ3) is 4.75. The van der Waals surface area contributed by atoms with Crippen molar-refractivity contribution in [1.82, 2.24) is 4.90 Å². The molecule has 0 spiro atoms. The molecule has 0 aliphatic carbocycles. The molecule has 0 saturated carbocycles. The molecule has 0 aromatic rings. The maximum absolute atomic E-state index is 10.9. The summed E-state index contributed by atoms with van der Waals surface area (Å²) in [5.41, 5.74) is 0. The molecule has 2 heteroatoms. The van der Waals surface area contributed by atoms with E-state index in [9.17, 15) is 4.79 Å². The summed E-state index contributed by atoms with van der Waals surface area (Å²) in [5, 5.41) is 0. The first-order valence-electron chi connectivity index (χ1n) is 5.67. The van der Waals surface area contributed by atoms with Crippen molar-refractivity contribution in [2.75, 3.05) is 6.54 Å². The molecule has 0 heterocycles. The smallest absolute Gasteiger partial charge is 0.137 e. The van der Waals surface area contributed by atoms with Gasteiger partial charge in [0.2, 0.25) is 0 Å². The molecule has 1 atom stereocenters. The number of hydrogen-bond acceptors (Lipinski definition) is 2. The van der Waals surface area contributed by atoms with E-state index in [0.717, 1.165) is 25.7 Å². The van der Waals surface area contributed by atoms with E-state index in [1.165, 1.54) is 12.8 Å². The Labute approximate surface area is 88.7 Å². The average Bonchev–Trinajstić information content (AvgIpc) is 2.16. The predicted molar refractivity (Wildman–Crippen MR) is 61.2 cm³/mol. The first kappa shape index (κ1) is 13.6. The van der Waals surface area contributed by atoms with Crippen LogP contribution in [0.3, 0.4) is 0 Å². The van der Waals surface area contributed by atoms with Crippen molar-refractivity contribution in [1.29, 1.82) is 0 Å². The highest BCUT2D eigenvalue weighted by Crippen LogP contribution is 2.10. The van der Waals surface area contributed by atoms with Crippen LogP contribution in [-0.4, -0.2) is 29.8 Å². The van der Waals surface area contributed by atoms with Crippen LogP contribution in [0.25, 0.3) is 0 Å². The molecule has 0 aliphatic heterocycles. The first-order chi connectivity index (χ1) is 6.67. The lowest BCUT2D eigenvalue weighted by Gasteiger charge is -2.31. The van der Waals surface area contributed by atoms with E-state index in [1.54, 1.807) is 0 Å². The summed E-state index contributed by atoms with van der Waals surface area (Å²) >= 11 is 0. The third-order valence-corrected chi connectivity index (χ3v) is 2.52. The predicted octanol–water partition coefficient (Wildman–Crippen LogP) is 2.68. The Morgan fingerprint density at radius 3 is 2.43 bits per heavy atom. The van der Waals surface area contributed by atoms with Gasteiger partial charge in [-0.1, -0.05) is 26.7 Å². The van der Waals surface area contributed by atoms with E-state index in [4.69, 9.17) is 0 Å². The summed E-state index contributed by atoms with van der Waals surface area (Å²) in [6.45, 7) is 11.3. The number of rotatable bonds is 8. The fourth-order valence-electron chi connectivity index (χ4n) is 1.67. The third-order valence-electron chi connectivity index (χ3n) is 2.52. The molecule has 0 saturated heterocycles. The number of nitrogens with zero attached hydrogens (tertiary/aromatic N) is 1. The second-order valence-corrected chi connectivity index (χ2v) is 4.03. The minimum absolute atomic E-state index is 0.0686. The SMILES string of the molecule is [CH2]CCC(C=O)N(CCCC)C(C)C. The summed E-state index contributed by atoms with van der Waals surface area (Å²) in [7, 11) is 0. The maximum atomic E-state index is 10.9.